The third-order valence-corrected chi connectivity index (χ3v) is 1.98. The van der Waals surface area contributed by atoms with Crippen LogP contribution in [0.5, 0.6) is 0 Å². The van der Waals surface area contributed by atoms with Gasteiger partial charge in [-0.1, -0.05) is 6.92 Å². The van der Waals surface area contributed by atoms with Gasteiger partial charge >= 0.3 is 5.97 Å². The minimum absolute atomic E-state index is 0.0152. The van der Waals surface area contributed by atoms with Crippen molar-refractivity contribution in [2.24, 2.45) is 5.92 Å². The van der Waals surface area contributed by atoms with E-state index in [1.54, 1.807) is 14.0 Å². The van der Waals surface area contributed by atoms with Crippen LogP contribution in [0.4, 0.5) is 0 Å². The van der Waals surface area contributed by atoms with Gasteiger partial charge in [-0.3, -0.25) is 4.79 Å². The molecule has 2 atom stereocenters. The summed E-state index contributed by atoms with van der Waals surface area (Å²) in [5, 5.41) is 14.0. The number of carboxylic acids is 1. The van der Waals surface area contributed by atoms with Crippen LogP contribution in [-0.4, -0.2) is 50.3 Å². The van der Waals surface area contributed by atoms with Crippen LogP contribution in [0.15, 0.2) is 0 Å². The predicted molar refractivity (Wildman–Crippen MR) is 54.5 cm³/mol. The molecule has 0 spiro atoms. The maximum absolute atomic E-state index is 11.4. The summed E-state index contributed by atoms with van der Waals surface area (Å²) in [5.74, 6) is -1.46. The van der Waals surface area contributed by atoms with E-state index < -0.39 is 12.1 Å². The molecular formula is C9H18N2O4. The van der Waals surface area contributed by atoms with Crippen molar-refractivity contribution in [2.75, 3.05) is 27.2 Å². The Kier molecular flexibility index (Phi) is 6.64. The van der Waals surface area contributed by atoms with Gasteiger partial charge in [0.25, 0.3) is 0 Å². The van der Waals surface area contributed by atoms with Crippen LogP contribution in [0.1, 0.15) is 6.92 Å². The van der Waals surface area contributed by atoms with Gasteiger partial charge < -0.3 is 20.5 Å². The van der Waals surface area contributed by atoms with E-state index in [0.717, 1.165) is 0 Å². The summed E-state index contributed by atoms with van der Waals surface area (Å²) in [5.41, 5.74) is 0. The van der Waals surface area contributed by atoms with Crippen LogP contribution >= 0.6 is 0 Å². The highest BCUT2D eigenvalue weighted by atomic mass is 16.5. The standard InChI is InChI=1S/C9H18N2O4/c1-6(4-10-2)8(12)11-5-7(15-3)9(13)14/h6-7,10H,4-5H2,1-3H3,(H,11,12)(H,13,14). The summed E-state index contributed by atoms with van der Waals surface area (Å²) in [6.45, 7) is 2.30. The van der Waals surface area contributed by atoms with Crippen LogP contribution in [-0.2, 0) is 14.3 Å². The molecule has 2 unspecified atom stereocenters. The van der Waals surface area contributed by atoms with E-state index in [-0.39, 0.29) is 18.4 Å². The summed E-state index contributed by atoms with van der Waals surface area (Å²) in [4.78, 5) is 21.9. The summed E-state index contributed by atoms with van der Waals surface area (Å²) >= 11 is 0. The molecule has 0 saturated heterocycles. The molecule has 0 aromatic heterocycles. The number of hydrogen-bond donors (Lipinski definition) is 3. The summed E-state index contributed by atoms with van der Waals surface area (Å²) in [6.07, 6.45) is -0.990. The second kappa shape index (κ2) is 7.19. The van der Waals surface area contributed by atoms with Crippen molar-refractivity contribution in [3.8, 4) is 0 Å². The SMILES string of the molecule is CNCC(C)C(=O)NCC(OC)C(=O)O. The number of amides is 1. The number of nitrogens with one attached hydrogen (secondary N) is 2. The maximum Gasteiger partial charge on any atom is 0.334 e. The minimum Gasteiger partial charge on any atom is -0.479 e. The molecule has 3 N–H and O–H groups in total. The number of carbonyl (C=O) groups excluding carboxylic acids is 1. The van der Waals surface area contributed by atoms with E-state index in [4.69, 9.17) is 5.11 Å². The van der Waals surface area contributed by atoms with E-state index in [9.17, 15) is 9.59 Å². The molecule has 0 aliphatic carbocycles. The molecule has 0 aliphatic rings. The number of aliphatic carboxylic acids is 1. The molecule has 0 saturated carbocycles. The third kappa shape index (κ3) is 5.34. The van der Waals surface area contributed by atoms with Crippen LogP contribution in [0.2, 0.25) is 0 Å². The molecule has 1 amide bonds. The van der Waals surface area contributed by atoms with Crippen molar-refractivity contribution in [1.29, 1.82) is 0 Å². The number of methoxy groups -OCH3 is 1. The highest BCUT2D eigenvalue weighted by molar-refractivity contribution is 5.80. The van der Waals surface area contributed by atoms with Crippen molar-refractivity contribution in [2.45, 2.75) is 13.0 Å². The van der Waals surface area contributed by atoms with E-state index in [1.807, 2.05) is 0 Å². The van der Waals surface area contributed by atoms with Crippen LogP contribution < -0.4 is 10.6 Å². The maximum atomic E-state index is 11.4. The topological polar surface area (TPSA) is 87.7 Å². The fourth-order valence-electron chi connectivity index (χ4n) is 1.04. The Balaban J connectivity index is 3.92. The van der Waals surface area contributed by atoms with Gasteiger partial charge in [-0.2, -0.15) is 0 Å². The average Bonchev–Trinajstić information content (AvgIpc) is 2.18. The Morgan fingerprint density at radius 2 is 2.00 bits per heavy atom. The van der Waals surface area contributed by atoms with Crippen molar-refractivity contribution in [1.82, 2.24) is 10.6 Å². The molecule has 0 aliphatic heterocycles. The zero-order valence-electron chi connectivity index (χ0n) is 9.24. The van der Waals surface area contributed by atoms with Gasteiger partial charge in [-0.05, 0) is 7.05 Å². The summed E-state index contributed by atoms with van der Waals surface area (Å²) in [7, 11) is 3.04. The first-order chi connectivity index (χ1) is 7.02. The lowest BCUT2D eigenvalue weighted by Gasteiger charge is -2.14. The third-order valence-electron chi connectivity index (χ3n) is 1.98. The Morgan fingerprint density at radius 1 is 1.40 bits per heavy atom. The lowest BCUT2D eigenvalue weighted by molar-refractivity contribution is -0.148. The second-order valence-corrected chi connectivity index (χ2v) is 3.27. The van der Waals surface area contributed by atoms with Crippen molar-refractivity contribution < 1.29 is 19.4 Å². The lowest BCUT2D eigenvalue weighted by atomic mass is 10.1. The van der Waals surface area contributed by atoms with E-state index in [2.05, 4.69) is 15.4 Å². The van der Waals surface area contributed by atoms with Crippen molar-refractivity contribution >= 4 is 11.9 Å². The van der Waals surface area contributed by atoms with Gasteiger partial charge in [0.05, 0.1) is 6.54 Å². The molecule has 6 heteroatoms. The molecule has 0 heterocycles. The lowest BCUT2D eigenvalue weighted by Crippen LogP contribution is -2.41. The summed E-state index contributed by atoms with van der Waals surface area (Å²) < 4.78 is 4.67. The summed E-state index contributed by atoms with van der Waals surface area (Å²) in [6, 6.07) is 0. The highest BCUT2D eigenvalue weighted by Crippen LogP contribution is 1.93. The predicted octanol–water partition coefficient (Wildman–Crippen LogP) is -0.942. The van der Waals surface area contributed by atoms with Gasteiger partial charge in [0.1, 0.15) is 0 Å². The van der Waals surface area contributed by atoms with Gasteiger partial charge in [-0.25, -0.2) is 4.79 Å². The van der Waals surface area contributed by atoms with Gasteiger partial charge in [0, 0.05) is 19.6 Å². The van der Waals surface area contributed by atoms with Crippen LogP contribution in [0.25, 0.3) is 0 Å². The normalized spacial score (nSPS) is 14.3. The molecule has 15 heavy (non-hydrogen) atoms. The largest absolute Gasteiger partial charge is 0.479 e. The van der Waals surface area contributed by atoms with E-state index in [0.29, 0.717) is 6.54 Å². The highest BCUT2D eigenvalue weighted by Gasteiger charge is 2.19. The zero-order valence-corrected chi connectivity index (χ0v) is 9.24. The number of hydrogen-bond acceptors (Lipinski definition) is 4. The van der Waals surface area contributed by atoms with Crippen molar-refractivity contribution in [3.05, 3.63) is 0 Å². The fraction of sp³-hybridized carbons (Fsp3) is 0.778. The van der Waals surface area contributed by atoms with Gasteiger partial charge in [0.15, 0.2) is 6.10 Å². The van der Waals surface area contributed by atoms with Crippen molar-refractivity contribution in [3.63, 3.8) is 0 Å². The zero-order chi connectivity index (χ0) is 11.8. The van der Waals surface area contributed by atoms with E-state index >= 15 is 0 Å². The van der Waals surface area contributed by atoms with Gasteiger partial charge in [-0.15, -0.1) is 0 Å². The first-order valence-electron chi connectivity index (χ1n) is 4.70. The molecule has 0 rings (SSSR count). The van der Waals surface area contributed by atoms with Gasteiger partial charge in [0.2, 0.25) is 5.91 Å². The molecule has 0 aromatic carbocycles. The Hall–Kier alpha value is -1.14. The molecule has 6 nitrogen and oxygen atoms in total. The smallest absolute Gasteiger partial charge is 0.334 e. The first-order valence-corrected chi connectivity index (χ1v) is 4.70. The monoisotopic (exact) mass is 218 g/mol. The van der Waals surface area contributed by atoms with Crippen LogP contribution in [0, 0.1) is 5.92 Å². The molecule has 0 aromatic rings. The van der Waals surface area contributed by atoms with Crippen LogP contribution in [0.3, 0.4) is 0 Å². The number of carbonyl (C=O) groups is 2. The quantitative estimate of drug-likeness (QED) is 0.513. The Morgan fingerprint density at radius 3 is 2.40 bits per heavy atom. The van der Waals surface area contributed by atoms with E-state index in [1.165, 1.54) is 7.11 Å². The minimum atomic E-state index is -1.08. The second-order valence-electron chi connectivity index (χ2n) is 3.27. The molecule has 0 radical (unpaired) electrons. The average molecular weight is 218 g/mol. The Labute approximate surface area is 89.0 Å². The number of carboxylic acid groups (broad SMARTS) is 1. The molecule has 0 fully saturated rings. The number of ether oxygens (including phenoxy) is 1. The first kappa shape index (κ1) is 13.9. The molecule has 0 bridgehead atoms. The molecular weight excluding hydrogens is 200 g/mol. The Bertz CT molecular complexity index is 220. The number of rotatable bonds is 7. The fourth-order valence-corrected chi connectivity index (χ4v) is 1.04. The molecule has 88 valence electrons.